The van der Waals surface area contributed by atoms with Crippen molar-refractivity contribution in [2.45, 2.75) is 11.8 Å². The molecular formula is C29H30N2O6S. The highest BCUT2D eigenvalue weighted by molar-refractivity contribution is 7.92. The van der Waals surface area contributed by atoms with Crippen molar-refractivity contribution in [1.82, 2.24) is 5.32 Å². The van der Waals surface area contributed by atoms with E-state index in [9.17, 15) is 13.2 Å². The minimum absolute atomic E-state index is 0.0740. The number of carbonyl (C=O) groups is 1. The van der Waals surface area contributed by atoms with Crippen LogP contribution in [0.15, 0.2) is 89.8 Å². The molecule has 0 saturated carbocycles. The zero-order valence-corrected chi connectivity index (χ0v) is 22.3. The fraction of sp³-hybridized carbons (Fsp3) is 0.207. The Bertz CT molecular complexity index is 1510. The molecule has 1 N–H and O–H groups in total. The number of fused-ring (bicyclic) bond motifs is 1. The Balaban J connectivity index is 1.50. The molecular weight excluding hydrogens is 504 g/mol. The van der Waals surface area contributed by atoms with Gasteiger partial charge < -0.3 is 19.5 Å². The molecule has 0 radical (unpaired) electrons. The molecule has 0 aliphatic heterocycles. The van der Waals surface area contributed by atoms with Crippen molar-refractivity contribution in [3.63, 3.8) is 0 Å². The van der Waals surface area contributed by atoms with Crippen LogP contribution in [-0.2, 0) is 14.8 Å². The number of benzene rings is 4. The van der Waals surface area contributed by atoms with Crippen molar-refractivity contribution in [2.24, 2.45) is 0 Å². The number of ether oxygens (including phenoxy) is 3. The number of methoxy groups -OCH3 is 2. The first kappa shape index (κ1) is 26.8. The minimum Gasteiger partial charge on any atom is -0.493 e. The predicted molar refractivity (Wildman–Crippen MR) is 148 cm³/mol. The monoisotopic (exact) mass is 534 g/mol. The third-order valence-electron chi connectivity index (χ3n) is 5.98. The third-order valence-corrected chi connectivity index (χ3v) is 7.77. The number of nitrogens with zero attached hydrogens (tertiary/aromatic N) is 1. The number of hydrogen-bond donors (Lipinski definition) is 1. The zero-order valence-electron chi connectivity index (χ0n) is 21.5. The number of amides is 1. The molecule has 4 aromatic rings. The molecule has 0 aliphatic carbocycles. The lowest BCUT2D eigenvalue weighted by atomic mass is 10.1. The van der Waals surface area contributed by atoms with Gasteiger partial charge in [-0.3, -0.25) is 9.10 Å². The van der Waals surface area contributed by atoms with Crippen LogP contribution in [0.3, 0.4) is 0 Å². The number of nitrogens with one attached hydrogen (secondary N) is 1. The van der Waals surface area contributed by atoms with Gasteiger partial charge in [0.2, 0.25) is 5.91 Å². The number of anilines is 1. The molecule has 0 atom stereocenters. The smallest absolute Gasteiger partial charge is 0.264 e. The van der Waals surface area contributed by atoms with Crippen molar-refractivity contribution in [3.05, 3.63) is 90.5 Å². The highest BCUT2D eigenvalue weighted by Gasteiger charge is 2.28. The number of carbonyl (C=O) groups excluding carboxylic acids is 1. The van der Waals surface area contributed by atoms with Gasteiger partial charge in [0.05, 0.1) is 31.3 Å². The van der Waals surface area contributed by atoms with Crippen LogP contribution >= 0.6 is 0 Å². The van der Waals surface area contributed by atoms with E-state index in [2.05, 4.69) is 5.32 Å². The second kappa shape index (κ2) is 11.9. The normalized spacial score (nSPS) is 11.1. The molecule has 4 rings (SSSR count). The molecule has 9 heteroatoms. The first-order valence-corrected chi connectivity index (χ1v) is 13.5. The van der Waals surface area contributed by atoms with Crippen LogP contribution in [-0.4, -0.2) is 48.2 Å². The van der Waals surface area contributed by atoms with Crippen LogP contribution in [0.4, 0.5) is 5.69 Å². The van der Waals surface area contributed by atoms with E-state index in [1.165, 1.54) is 32.4 Å². The van der Waals surface area contributed by atoms with Crippen LogP contribution in [0.25, 0.3) is 10.8 Å². The lowest BCUT2D eigenvalue weighted by Crippen LogP contribution is -2.42. The van der Waals surface area contributed by atoms with E-state index in [-0.39, 0.29) is 23.7 Å². The lowest BCUT2D eigenvalue weighted by molar-refractivity contribution is -0.119. The van der Waals surface area contributed by atoms with Gasteiger partial charge in [-0.05, 0) is 42.6 Å². The standard InChI is InChI=1S/C29H30N2O6S/c1-21-11-14-24(15-12-21)38(33,34)31(23-13-16-27(35-2)28(19-23)36-3)20-29(32)30-17-18-37-26-10-6-8-22-7-4-5-9-25(22)26/h4-16,19H,17-18,20H2,1-3H3,(H,30,32). The molecule has 0 saturated heterocycles. The summed E-state index contributed by atoms with van der Waals surface area (Å²) < 4.78 is 44.8. The van der Waals surface area contributed by atoms with Gasteiger partial charge in [-0.25, -0.2) is 8.42 Å². The van der Waals surface area contributed by atoms with Gasteiger partial charge in [0.15, 0.2) is 11.5 Å². The SMILES string of the molecule is COc1ccc(N(CC(=O)NCCOc2cccc3ccccc23)S(=O)(=O)c2ccc(C)cc2)cc1OC. The van der Waals surface area contributed by atoms with E-state index < -0.39 is 22.5 Å². The average molecular weight is 535 g/mol. The quantitative estimate of drug-likeness (QED) is 0.284. The van der Waals surface area contributed by atoms with Gasteiger partial charge in [0, 0.05) is 11.5 Å². The Morgan fingerprint density at radius 3 is 2.29 bits per heavy atom. The maximum absolute atomic E-state index is 13.6. The second-order valence-corrected chi connectivity index (χ2v) is 10.4. The summed E-state index contributed by atoms with van der Waals surface area (Å²) in [4.78, 5) is 13.0. The summed E-state index contributed by atoms with van der Waals surface area (Å²) in [6, 6.07) is 24.8. The molecule has 0 fully saturated rings. The molecule has 0 unspecified atom stereocenters. The van der Waals surface area contributed by atoms with E-state index in [0.717, 1.165) is 20.6 Å². The summed E-state index contributed by atoms with van der Waals surface area (Å²) in [5.74, 6) is 1.03. The van der Waals surface area contributed by atoms with Gasteiger partial charge in [-0.15, -0.1) is 0 Å². The number of aryl methyl sites for hydroxylation is 1. The molecule has 0 aromatic heterocycles. The molecule has 0 heterocycles. The first-order chi connectivity index (χ1) is 18.3. The fourth-order valence-corrected chi connectivity index (χ4v) is 5.40. The Labute approximate surface area is 222 Å². The largest absolute Gasteiger partial charge is 0.493 e. The van der Waals surface area contributed by atoms with E-state index in [1.54, 1.807) is 24.3 Å². The molecule has 0 spiro atoms. The van der Waals surface area contributed by atoms with Gasteiger partial charge >= 0.3 is 0 Å². The zero-order chi connectivity index (χ0) is 27.1. The van der Waals surface area contributed by atoms with Gasteiger partial charge in [0.1, 0.15) is 18.9 Å². The molecule has 0 bridgehead atoms. The van der Waals surface area contributed by atoms with Gasteiger partial charge in [-0.2, -0.15) is 0 Å². The minimum atomic E-state index is -4.06. The molecule has 0 aliphatic rings. The van der Waals surface area contributed by atoms with Crippen LogP contribution in [0.2, 0.25) is 0 Å². The summed E-state index contributed by atoms with van der Waals surface area (Å²) in [5.41, 5.74) is 1.19. The van der Waals surface area contributed by atoms with Crippen LogP contribution in [0.5, 0.6) is 17.2 Å². The number of rotatable bonds is 11. The summed E-state index contributed by atoms with van der Waals surface area (Å²) >= 11 is 0. The third kappa shape index (κ3) is 6.00. The fourth-order valence-electron chi connectivity index (χ4n) is 3.99. The summed E-state index contributed by atoms with van der Waals surface area (Å²) in [7, 11) is -1.11. The molecule has 38 heavy (non-hydrogen) atoms. The van der Waals surface area contributed by atoms with Gasteiger partial charge in [-0.1, -0.05) is 54.1 Å². The van der Waals surface area contributed by atoms with Crippen molar-refractivity contribution < 1.29 is 27.4 Å². The second-order valence-electron chi connectivity index (χ2n) is 8.54. The Morgan fingerprint density at radius 2 is 1.55 bits per heavy atom. The highest BCUT2D eigenvalue weighted by Crippen LogP contribution is 2.33. The summed E-state index contributed by atoms with van der Waals surface area (Å²) in [6.07, 6.45) is 0. The summed E-state index contributed by atoms with van der Waals surface area (Å²) in [5, 5.41) is 4.79. The maximum atomic E-state index is 13.6. The first-order valence-electron chi connectivity index (χ1n) is 12.0. The number of sulfonamides is 1. The molecule has 1 amide bonds. The van der Waals surface area contributed by atoms with Crippen LogP contribution in [0, 0.1) is 6.92 Å². The van der Waals surface area contributed by atoms with Gasteiger partial charge in [0.25, 0.3) is 10.0 Å². The maximum Gasteiger partial charge on any atom is 0.264 e. The van der Waals surface area contributed by atoms with Crippen molar-refractivity contribution >= 4 is 32.4 Å². The van der Waals surface area contributed by atoms with Crippen molar-refractivity contribution in [1.29, 1.82) is 0 Å². The Kier molecular flexibility index (Phi) is 8.38. The van der Waals surface area contributed by atoms with E-state index in [4.69, 9.17) is 14.2 Å². The molecule has 198 valence electrons. The van der Waals surface area contributed by atoms with E-state index in [0.29, 0.717) is 17.2 Å². The predicted octanol–water partition coefficient (Wildman–Crippen LogP) is 4.56. The highest BCUT2D eigenvalue weighted by atomic mass is 32.2. The Hall–Kier alpha value is -4.24. The summed E-state index contributed by atoms with van der Waals surface area (Å²) in [6.45, 7) is 1.86. The molecule has 8 nitrogen and oxygen atoms in total. The van der Waals surface area contributed by atoms with E-state index in [1.807, 2.05) is 49.4 Å². The average Bonchev–Trinajstić information content (AvgIpc) is 2.94. The van der Waals surface area contributed by atoms with Crippen molar-refractivity contribution in [2.75, 3.05) is 38.2 Å². The lowest BCUT2D eigenvalue weighted by Gasteiger charge is -2.25. The van der Waals surface area contributed by atoms with Crippen LogP contribution in [0.1, 0.15) is 5.56 Å². The Morgan fingerprint density at radius 1 is 0.842 bits per heavy atom. The topological polar surface area (TPSA) is 94.2 Å². The number of hydrogen-bond acceptors (Lipinski definition) is 6. The molecule has 4 aromatic carbocycles. The van der Waals surface area contributed by atoms with Crippen molar-refractivity contribution in [3.8, 4) is 17.2 Å². The van der Waals surface area contributed by atoms with E-state index >= 15 is 0 Å². The van der Waals surface area contributed by atoms with Crippen LogP contribution < -0.4 is 23.8 Å².